The summed E-state index contributed by atoms with van der Waals surface area (Å²) in [6.07, 6.45) is 1.72. The number of benzene rings is 3. The standard InChI is InChI=1S/C21H17BrClN3O3/c22-20-11-17(13-25-24-12-15-1-6-18(23)7-2-15)5-10-21(20)29-14-16-3-8-19(9-4-16)26(27)28/h1-11,13,24H,12,14H2/b25-13-. The minimum atomic E-state index is -0.425. The lowest BCUT2D eigenvalue weighted by Gasteiger charge is -2.09. The molecule has 0 radical (unpaired) electrons. The Morgan fingerprint density at radius 2 is 1.76 bits per heavy atom. The van der Waals surface area contributed by atoms with Crippen LogP contribution in [0, 0.1) is 10.1 Å². The maximum Gasteiger partial charge on any atom is 0.269 e. The number of nitro benzene ring substituents is 1. The zero-order chi connectivity index (χ0) is 20.6. The monoisotopic (exact) mass is 473 g/mol. The average Bonchev–Trinajstić information content (AvgIpc) is 2.72. The van der Waals surface area contributed by atoms with Crippen molar-refractivity contribution in [3.8, 4) is 5.75 Å². The highest BCUT2D eigenvalue weighted by Crippen LogP contribution is 2.26. The molecule has 0 aliphatic heterocycles. The Balaban J connectivity index is 1.52. The molecule has 6 nitrogen and oxygen atoms in total. The van der Waals surface area contributed by atoms with Crippen LogP contribution in [-0.4, -0.2) is 11.1 Å². The molecule has 1 N–H and O–H groups in total. The Morgan fingerprint density at radius 3 is 2.41 bits per heavy atom. The van der Waals surface area contributed by atoms with Crippen molar-refractivity contribution in [1.82, 2.24) is 5.43 Å². The van der Waals surface area contributed by atoms with Gasteiger partial charge in [-0.25, -0.2) is 0 Å². The minimum absolute atomic E-state index is 0.0586. The van der Waals surface area contributed by atoms with Crippen LogP contribution >= 0.6 is 27.5 Å². The van der Waals surface area contributed by atoms with Crippen molar-refractivity contribution in [2.45, 2.75) is 13.2 Å². The van der Waals surface area contributed by atoms with Crippen molar-refractivity contribution in [3.63, 3.8) is 0 Å². The highest BCUT2D eigenvalue weighted by molar-refractivity contribution is 9.10. The first kappa shape index (κ1) is 20.8. The van der Waals surface area contributed by atoms with Gasteiger partial charge in [-0.05, 0) is 75.1 Å². The van der Waals surface area contributed by atoms with Crippen molar-refractivity contribution in [3.05, 3.63) is 103 Å². The van der Waals surface area contributed by atoms with Crippen molar-refractivity contribution >= 4 is 39.4 Å². The fourth-order valence-electron chi connectivity index (χ4n) is 2.45. The predicted molar refractivity (Wildman–Crippen MR) is 117 cm³/mol. The summed E-state index contributed by atoms with van der Waals surface area (Å²) in [6.45, 7) is 0.915. The molecule has 0 saturated heterocycles. The SMILES string of the molecule is O=[N+]([O-])c1ccc(COc2ccc(/C=N\NCc3ccc(Cl)cc3)cc2Br)cc1. The summed E-state index contributed by atoms with van der Waals surface area (Å²) in [5.41, 5.74) is 5.89. The minimum Gasteiger partial charge on any atom is -0.488 e. The van der Waals surface area contributed by atoms with Gasteiger partial charge in [0.25, 0.3) is 5.69 Å². The number of rotatable bonds is 8. The second-order valence-corrected chi connectivity index (χ2v) is 7.41. The second kappa shape index (κ2) is 10.0. The zero-order valence-electron chi connectivity index (χ0n) is 15.2. The predicted octanol–water partition coefficient (Wildman–Crippen LogP) is 5.71. The third-order valence-electron chi connectivity index (χ3n) is 4.00. The highest BCUT2D eigenvalue weighted by Gasteiger charge is 2.06. The van der Waals surface area contributed by atoms with Gasteiger partial charge in [-0.2, -0.15) is 5.10 Å². The van der Waals surface area contributed by atoms with Crippen LogP contribution in [-0.2, 0) is 13.2 Å². The Hall–Kier alpha value is -2.90. The Bertz CT molecular complexity index is 1010. The number of nitrogens with zero attached hydrogens (tertiary/aromatic N) is 2. The van der Waals surface area contributed by atoms with E-state index in [2.05, 4.69) is 26.5 Å². The summed E-state index contributed by atoms with van der Waals surface area (Å²) in [6, 6.07) is 19.5. The van der Waals surface area contributed by atoms with Crippen LogP contribution in [0.15, 0.2) is 76.3 Å². The number of hydrogen-bond donors (Lipinski definition) is 1. The zero-order valence-corrected chi connectivity index (χ0v) is 17.6. The number of non-ortho nitro benzene ring substituents is 1. The fourth-order valence-corrected chi connectivity index (χ4v) is 3.09. The normalized spacial score (nSPS) is 10.8. The van der Waals surface area contributed by atoms with Gasteiger partial charge in [-0.1, -0.05) is 23.7 Å². The van der Waals surface area contributed by atoms with E-state index in [4.69, 9.17) is 16.3 Å². The van der Waals surface area contributed by atoms with E-state index in [0.717, 1.165) is 21.2 Å². The van der Waals surface area contributed by atoms with Gasteiger partial charge >= 0.3 is 0 Å². The number of halogens is 2. The maximum absolute atomic E-state index is 10.7. The third kappa shape index (κ3) is 6.30. The molecule has 0 spiro atoms. The summed E-state index contributed by atoms with van der Waals surface area (Å²) in [5, 5.41) is 15.6. The fraction of sp³-hybridized carbons (Fsp3) is 0.0952. The van der Waals surface area contributed by atoms with Gasteiger partial charge in [0.15, 0.2) is 0 Å². The summed E-state index contributed by atoms with van der Waals surface area (Å²) in [7, 11) is 0. The molecule has 148 valence electrons. The van der Waals surface area contributed by atoms with E-state index in [1.165, 1.54) is 12.1 Å². The van der Waals surface area contributed by atoms with Gasteiger partial charge in [0, 0.05) is 17.2 Å². The number of nitrogens with one attached hydrogen (secondary N) is 1. The smallest absolute Gasteiger partial charge is 0.269 e. The Labute approximate surface area is 181 Å². The van der Waals surface area contributed by atoms with Crippen LogP contribution < -0.4 is 10.2 Å². The molecule has 0 atom stereocenters. The molecular weight excluding hydrogens is 458 g/mol. The van der Waals surface area contributed by atoms with E-state index in [-0.39, 0.29) is 5.69 Å². The van der Waals surface area contributed by atoms with E-state index >= 15 is 0 Å². The molecule has 3 aromatic carbocycles. The number of hydrogen-bond acceptors (Lipinski definition) is 5. The molecule has 0 fully saturated rings. The van der Waals surface area contributed by atoms with Gasteiger partial charge in [0.2, 0.25) is 0 Å². The van der Waals surface area contributed by atoms with Crippen molar-refractivity contribution in [2.75, 3.05) is 0 Å². The van der Waals surface area contributed by atoms with Crippen molar-refractivity contribution in [2.24, 2.45) is 5.10 Å². The number of hydrazone groups is 1. The van der Waals surface area contributed by atoms with Gasteiger partial charge in [0.05, 0.1) is 22.2 Å². The molecule has 0 heterocycles. The molecule has 3 aromatic rings. The van der Waals surface area contributed by atoms with Crippen LogP contribution in [0.25, 0.3) is 0 Å². The lowest BCUT2D eigenvalue weighted by molar-refractivity contribution is -0.384. The third-order valence-corrected chi connectivity index (χ3v) is 4.87. The maximum atomic E-state index is 10.7. The Morgan fingerprint density at radius 1 is 1.07 bits per heavy atom. The van der Waals surface area contributed by atoms with Crippen molar-refractivity contribution in [1.29, 1.82) is 0 Å². The molecular formula is C21H17BrClN3O3. The van der Waals surface area contributed by atoms with Crippen LogP contribution in [0.2, 0.25) is 5.02 Å². The van der Waals surface area contributed by atoms with Gasteiger partial charge < -0.3 is 10.2 Å². The van der Waals surface area contributed by atoms with E-state index in [0.29, 0.717) is 23.9 Å². The number of ether oxygens (including phenoxy) is 1. The molecule has 0 saturated carbocycles. The van der Waals surface area contributed by atoms with Crippen molar-refractivity contribution < 1.29 is 9.66 Å². The average molecular weight is 475 g/mol. The van der Waals surface area contributed by atoms with Gasteiger partial charge in [-0.15, -0.1) is 0 Å². The Kier molecular flexibility index (Phi) is 7.21. The molecule has 29 heavy (non-hydrogen) atoms. The van der Waals surface area contributed by atoms with Crippen LogP contribution in [0.4, 0.5) is 5.69 Å². The lowest BCUT2D eigenvalue weighted by atomic mass is 10.2. The largest absolute Gasteiger partial charge is 0.488 e. The van der Waals surface area contributed by atoms with E-state index in [9.17, 15) is 10.1 Å². The first-order valence-corrected chi connectivity index (χ1v) is 9.84. The van der Waals surface area contributed by atoms with Crippen LogP contribution in [0.1, 0.15) is 16.7 Å². The molecule has 0 bridgehead atoms. The highest BCUT2D eigenvalue weighted by atomic mass is 79.9. The first-order valence-electron chi connectivity index (χ1n) is 8.67. The molecule has 0 aliphatic rings. The lowest BCUT2D eigenvalue weighted by Crippen LogP contribution is -2.05. The summed E-state index contributed by atoms with van der Waals surface area (Å²) in [4.78, 5) is 10.3. The molecule has 0 unspecified atom stereocenters. The molecule has 8 heteroatoms. The first-order chi connectivity index (χ1) is 14.0. The van der Waals surface area contributed by atoms with E-state index in [1.54, 1.807) is 18.3 Å². The summed E-state index contributed by atoms with van der Waals surface area (Å²) in [5.74, 6) is 0.676. The van der Waals surface area contributed by atoms with Crippen LogP contribution in [0.3, 0.4) is 0 Å². The van der Waals surface area contributed by atoms with Gasteiger partial charge in [0.1, 0.15) is 12.4 Å². The van der Waals surface area contributed by atoms with E-state index in [1.807, 2.05) is 42.5 Å². The number of nitro groups is 1. The molecule has 3 rings (SSSR count). The second-order valence-electron chi connectivity index (χ2n) is 6.12. The molecule has 0 aromatic heterocycles. The quantitative estimate of drug-likeness (QED) is 0.258. The molecule has 0 amide bonds. The summed E-state index contributed by atoms with van der Waals surface area (Å²) >= 11 is 9.36. The van der Waals surface area contributed by atoms with Crippen LogP contribution in [0.5, 0.6) is 5.75 Å². The van der Waals surface area contributed by atoms with E-state index < -0.39 is 4.92 Å². The topological polar surface area (TPSA) is 76.8 Å². The van der Waals surface area contributed by atoms with Gasteiger partial charge in [-0.3, -0.25) is 10.1 Å². The summed E-state index contributed by atoms with van der Waals surface area (Å²) < 4.78 is 6.58. The molecule has 0 aliphatic carbocycles.